The van der Waals surface area contributed by atoms with Gasteiger partial charge >= 0.3 is 0 Å². The predicted octanol–water partition coefficient (Wildman–Crippen LogP) is 5.83. The first-order chi connectivity index (χ1) is 14.9. The average Bonchev–Trinajstić information content (AvgIpc) is 3.09. The molecule has 4 rings (SSSR count). The molecule has 5 nitrogen and oxygen atoms in total. The topological polar surface area (TPSA) is 56.2 Å². The van der Waals surface area contributed by atoms with Crippen LogP contribution in [0, 0.1) is 20.8 Å². The smallest absolute Gasteiger partial charge is 0.244 e. The summed E-state index contributed by atoms with van der Waals surface area (Å²) in [6.07, 6.45) is 0. The van der Waals surface area contributed by atoms with E-state index in [0.717, 1.165) is 33.4 Å². The Labute approximate surface area is 186 Å². The van der Waals surface area contributed by atoms with Crippen molar-refractivity contribution in [1.29, 1.82) is 0 Å². The number of para-hydroxylation sites is 3. The molecule has 158 valence electrons. The highest BCUT2D eigenvalue weighted by molar-refractivity contribution is 6.31. The Balaban J connectivity index is 1.59. The molecular weight excluding hydrogens is 410 g/mol. The van der Waals surface area contributed by atoms with Crippen LogP contribution in [0.5, 0.6) is 5.75 Å². The van der Waals surface area contributed by atoms with E-state index in [-0.39, 0.29) is 19.1 Å². The molecule has 0 atom stereocenters. The molecule has 1 heterocycles. The van der Waals surface area contributed by atoms with Crippen LogP contribution in [0.2, 0.25) is 5.02 Å². The average molecular weight is 434 g/mol. The number of halogens is 1. The minimum atomic E-state index is -0.107. The number of aryl methyl sites for hydroxylation is 3. The van der Waals surface area contributed by atoms with Crippen LogP contribution in [0.1, 0.15) is 22.5 Å². The molecule has 0 aliphatic heterocycles. The summed E-state index contributed by atoms with van der Waals surface area (Å²) in [6, 6.07) is 19.3. The Morgan fingerprint density at radius 2 is 1.74 bits per heavy atom. The lowest BCUT2D eigenvalue weighted by molar-refractivity contribution is -0.116. The number of anilines is 1. The third-order valence-electron chi connectivity index (χ3n) is 5.28. The molecule has 0 bridgehead atoms. The molecule has 0 saturated heterocycles. The second kappa shape index (κ2) is 8.82. The van der Waals surface area contributed by atoms with Crippen molar-refractivity contribution in [3.63, 3.8) is 0 Å². The van der Waals surface area contributed by atoms with Crippen LogP contribution >= 0.6 is 11.6 Å². The first kappa shape index (κ1) is 20.9. The van der Waals surface area contributed by atoms with Gasteiger partial charge in [0.05, 0.1) is 11.0 Å². The van der Waals surface area contributed by atoms with Gasteiger partial charge in [-0.05, 0) is 67.8 Å². The van der Waals surface area contributed by atoms with Crippen LogP contribution < -0.4 is 10.1 Å². The number of nitrogens with zero attached hydrogens (tertiary/aromatic N) is 2. The van der Waals surface area contributed by atoms with E-state index in [0.29, 0.717) is 16.6 Å². The summed E-state index contributed by atoms with van der Waals surface area (Å²) < 4.78 is 7.87. The number of ether oxygens (including phenoxy) is 1. The van der Waals surface area contributed by atoms with Gasteiger partial charge in [0.15, 0.2) is 0 Å². The number of hydrogen-bond acceptors (Lipinski definition) is 3. The fraction of sp³-hybridized carbons (Fsp3) is 0.200. The van der Waals surface area contributed by atoms with Crippen molar-refractivity contribution in [3.8, 4) is 5.75 Å². The maximum absolute atomic E-state index is 12.9. The van der Waals surface area contributed by atoms with E-state index >= 15 is 0 Å². The molecule has 0 aliphatic rings. The lowest BCUT2D eigenvalue weighted by Crippen LogP contribution is -2.21. The van der Waals surface area contributed by atoms with Crippen molar-refractivity contribution in [2.45, 2.75) is 33.9 Å². The van der Waals surface area contributed by atoms with Crippen LogP contribution in [0.25, 0.3) is 11.0 Å². The molecule has 0 fully saturated rings. The van der Waals surface area contributed by atoms with E-state index in [4.69, 9.17) is 21.3 Å². The van der Waals surface area contributed by atoms with Gasteiger partial charge < -0.3 is 14.6 Å². The first-order valence-electron chi connectivity index (χ1n) is 10.1. The number of nitrogens with one attached hydrogen (secondary N) is 1. The van der Waals surface area contributed by atoms with Gasteiger partial charge in [-0.2, -0.15) is 0 Å². The normalized spacial score (nSPS) is 11.0. The molecule has 0 radical (unpaired) electrons. The lowest BCUT2D eigenvalue weighted by Gasteiger charge is -2.14. The van der Waals surface area contributed by atoms with Crippen molar-refractivity contribution in [2.24, 2.45) is 0 Å². The fourth-order valence-electron chi connectivity index (χ4n) is 3.60. The monoisotopic (exact) mass is 433 g/mol. The van der Waals surface area contributed by atoms with Crippen molar-refractivity contribution in [3.05, 3.63) is 88.2 Å². The van der Waals surface area contributed by atoms with Crippen LogP contribution in [0.3, 0.4) is 0 Å². The number of hydrogen-bond donors (Lipinski definition) is 1. The SMILES string of the molecule is Cc1cc(OCc2nc3ccccc3n2CC(=O)Nc2c(C)cccc2C)ccc1Cl. The Morgan fingerprint density at radius 1 is 1.00 bits per heavy atom. The zero-order valence-electron chi connectivity index (χ0n) is 17.8. The molecule has 0 unspecified atom stereocenters. The third kappa shape index (κ3) is 4.57. The number of rotatable bonds is 6. The van der Waals surface area contributed by atoms with Crippen molar-refractivity contribution in [2.75, 3.05) is 5.32 Å². The van der Waals surface area contributed by atoms with Crippen molar-refractivity contribution < 1.29 is 9.53 Å². The summed E-state index contributed by atoms with van der Waals surface area (Å²) in [5, 5.41) is 3.75. The molecule has 1 aromatic heterocycles. The fourth-order valence-corrected chi connectivity index (χ4v) is 3.72. The molecule has 4 aromatic rings. The van der Waals surface area contributed by atoms with Gasteiger partial charge in [0.25, 0.3) is 0 Å². The Kier molecular flexibility index (Phi) is 5.96. The number of benzene rings is 3. The van der Waals surface area contributed by atoms with E-state index in [1.807, 2.05) is 86.0 Å². The van der Waals surface area contributed by atoms with Crippen molar-refractivity contribution >= 4 is 34.2 Å². The highest BCUT2D eigenvalue weighted by Crippen LogP contribution is 2.24. The molecule has 1 N–H and O–H groups in total. The number of carbonyl (C=O) groups is 1. The van der Waals surface area contributed by atoms with Crippen molar-refractivity contribution in [1.82, 2.24) is 9.55 Å². The number of amides is 1. The lowest BCUT2D eigenvalue weighted by atomic mass is 10.1. The summed E-state index contributed by atoms with van der Waals surface area (Å²) in [7, 11) is 0. The second-order valence-corrected chi connectivity index (χ2v) is 8.02. The predicted molar refractivity (Wildman–Crippen MR) is 125 cm³/mol. The summed E-state index contributed by atoms with van der Waals surface area (Å²) in [6.45, 7) is 6.30. The number of imidazole rings is 1. The van der Waals surface area contributed by atoms with E-state index in [1.54, 1.807) is 0 Å². The molecule has 6 heteroatoms. The highest BCUT2D eigenvalue weighted by atomic mass is 35.5. The zero-order chi connectivity index (χ0) is 22.0. The van der Waals surface area contributed by atoms with Gasteiger partial charge in [-0.3, -0.25) is 4.79 Å². The number of fused-ring (bicyclic) bond motifs is 1. The molecule has 0 aliphatic carbocycles. The molecular formula is C25H24ClN3O2. The van der Waals surface area contributed by atoms with E-state index in [9.17, 15) is 4.79 Å². The number of carbonyl (C=O) groups excluding carboxylic acids is 1. The third-order valence-corrected chi connectivity index (χ3v) is 5.70. The second-order valence-electron chi connectivity index (χ2n) is 7.62. The van der Waals surface area contributed by atoms with Crippen LogP contribution in [0.4, 0.5) is 5.69 Å². The maximum Gasteiger partial charge on any atom is 0.244 e. The van der Waals surface area contributed by atoms with E-state index < -0.39 is 0 Å². The summed E-state index contributed by atoms with van der Waals surface area (Å²) in [4.78, 5) is 17.6. The van der Waals surface area contributed by atoms with Gasteiger partial charge in [-0.25, -0.2) is 4.98 Å². The minimum Gasteiger partial charge on any atom is -0.486 e. The Hall–Kier alpha value is -3.31. The molecule has 1 amide bonds. The molecule has 0 spiro atoms. The summed E-state index contributed by atoms with van der Waals surface area (Å²) >= 11 is 6.11. The molecule has 31 heavy (non-hydrogen) atoms. The quantitative estimate of drug-likeness (QED) is 0.416. The first-order valence-corrected chi connectivity index (χ1v) is 10.5. The Bertz CT molecular complexity index is 1240. The van der Waals surface area contributed by atoms with E-state index in [2.05, 4.69) is 5.32 Å². The highest BCUT2D eigenvalue weighted by Gasteiger charge is 2.15. The van der Waals surface area contributed by atoms with Crippen LogP contribution in [-0.4, -0.2) is 15.5 Å². The van der Waals surface area contributed by atoms with Gasteiger partial charge in [-0.15, -0.1) is 0 Å². The van der Waals surface area contributed by atoms with Crippen LogP contribution in [0.15, 0.2) is 60.7 Å². The van der Waals surface area contributed by atoms with E-state index in [1.165, 1.54) is 0 Å². The van der Waals surface area contributed by atoms with Gasteiger partial charge in [0.2, 0.25) is 5.91 Å². The maximum atomic E-state index is 12.9. The standard InChI is InChI=1S/C25H24ClN3O2/c1-16-7-6-8-17(2)25(16)28-24(30)14-29-22-10-5-4-9-21(22)27-23(29)15-31-19-11-12-20(26)18(3)13-19/h4-13H,14-15H2,1-3H3,(H,28,30). The molecule has 3 aromatic carbocycles. The number of aromatic nitrogens is 2. The zero-order valence-corrected chi connectivity index (χ0v) is 18.5. The van der Waals surface area contributed by atoms with Gasteiger partial charge in [0.1, 0.15) is 24.7 Å². The van der Waals surface area contributed by atoms with Gasteiger partial charge in [-0.1, -0.05) is 41.9 Å². The Morgan fingerprint density at radius 3 is 2.48 bits per heavy atom. The molecule has 0 saturated carbocycles. The summed E-state index contributed by atoms with van der Waals surface area (Å²) in [5.74, 6) is 1.29. The van der Waals surface area contributed by atoms with Gasteiger partial charge in [0, 0.05) is 10.7 Å². The largest absolute Gasteiger partial charge is 0.486 e. The minimum absolute atomic E-state index is 0.107. The summed E-state index contributed by atoms with van der Waals surface area (Å²) in [5.41, 5.74) is 5.58. The van der Waals surface area contributed by atoms with Crippen LogP contribution in [-0.2, 0) is 17.9 Å².